The van der Waals surface area contributed by atoms with Gasteiger partial charge in [0.1, 0.15) is 11.3 Å². The summed E-state index contributed by atoms with van der Waals surface area (Å²) in [4.78, 5) is 11.8. The Morgan fingerprint density at radius 3 is 2.71 bits per heavy atom. The summed E-state index contributed by atoms with van der Waals surface area (Å²) in [6, 6.07) is 9.73. The Hall–Kier alpha value is -2.36. The van der Waals surface area contributed by atoms with Gasteiger partial charge in [0.2, 0.25) is 0 Å². The first kappa shape index (κ1) is 9.84. The zero-order chi connectivity index (χ0) is 11.7. The highest BCUT2D eigenvalue weighted by molar-refractivity contribution is 5.86. The Morgan fingerprint density at radius 1 is 1.12 bits per heavy atom. The number of imidazole rings is 1. The summed E-state index contributed by atoms with van der Waals surface area (Å²) < 4.78 is 0. The van der Waals surface area contributed by atoms with Crippen LogP contribution in [0.4, 0.5) is 5.69 Å². The van der Waals surface area contributed by atoms with Gasteiger partial charge < -0.3 is 10.7 Å². The topological polar surface area (TPSA) is 67.6 Å². The summed E-state index contributed by atoms with van der Waals surface area (Å²) in [6.07, 6.45) is 4.33. The van der Waals surface area contributed by atoms with Gasteiger partial charge >= 0.3 is 0 Å². The maximum Gasteiger partial charge on any atom is 0.111 e. The molecule has 0 bridgehead atoms. The van der Waals surface area contributed by atoms with E-state index in [0.717, 1.165) is 23.3 Å². The minimum Gasteiger partial charge on any atom is -0.397 e. The molecule has 0 saturated heterocycles. The number of fused-ring (bicyclic) bond motifs is 1. The van der Waals surface area contributed by atoms with E-state index in [0.29, 0.717) is 5.69 Å². The molecule has 0 atom stereocenters. The van der Waals surface area contributed by atoms with Crippen molar-refractivity contribution in [3.05, 3.63) is 54.1 Å². The van der Waals surface area contributed by atoms with Crippen molar-refractivity contribution >= 4 is 16.7 Å². The number of H-pyrrole nitrogens is 1. The maximum absolute atomic E-state index is 5.87. The molecule has 4 nitrogen and oxygen atoms in total. The lowest BCUT2D eigenvalue weighted by Gasteiger charge is -1.95. The van der Waals surface area contributed by atoms with Gasteiger partial charge in [-0.1, -0.05) is 6.07 Å². The molecular weight excluding hydrogens is 212 g/mol. The molecule has 1 aromatic carbocycles. The molecule has 3 N–H and O–H groups in total. The van der Waals surface area contributed by atoms with Crippen LogP contribution in [-0.4, -0.2) is 15.0 Å². The molecule has 84 valence electrons. The van der Waals surface area contributed by atoms with Crippen molar-refractivity contribution < 1.29 is 0 Å². The number of pyridine rings is 1. The van der Waals surface area contributed by atoms with E-state index in [1.54, 1.807) is 12.4 Å². The Balaban J connectivity index is 1.99. The van der Waals surface area contributed by atoms with Crippen molar-refractivity contribution in [2.45, 2.75) is 6.42 Å². The number of anilines is 1. The first-order valence-electron chi connectivity index (χ1n) is 5.45. The summed E-state index contributed by atoms with van der Waals surface area (Å²) in [5.41, 5.74) is 9.58. The van der Waals surface area contributed by atoms with Crippen molar-refractivity contribution in [2.75, 3.05) is 5.73 Å². The summed E-state index contributed by atoms with van der Waals surface area (Å²) in [5.74, 6) is 0.920. The Morgan fingerprint density at radius 2 is 1.94 bits per heavy atom. The first-order valence-corrected chi connectivity index (χ1v) is 5.45. The second kappa shape index (κ2) is 3.90. The van der Waals surface area contributed by atoms with Crippen LogP contribution in [0.3, 0.4) is 0 Å². The van der Waals surface area contributed by atoms with E-state index < -0.39 is 0 Å². The summed E-state index contributed by atoms with van der Waals surface area (Å²) in [5, 5.41) is 0. The predicted octanol–water partition coefficient (Wildman–Crippen LogP) is 2.13. The second-order valence-corrected chi connectivity index (χ2v) is 3.96. The fourth-order valence-electron chi connectivity index (χ4n) is 1.88. The number of benzene rings is 1. The van der Waals surface area contributed by atoms with E-state index in [1.165, 1.54) is 5.56 Å². The molecule has 3 rings (SSSR count). The molecule has 0 aliphatic heterocycles. The molecule has 0 aliphatic rings. The summed E-state index contributed by atoms with van der Waals surface area (Å²) >= 11 is 0. The van der Waals surface area contributed by atoms with Crippen LogP contribution in [0.5, 0.6) is 0 Å². The van der Waals surface area contributed by atoms with Crippen LogP contribution < -0.4 is 5.73 Å². The number of nitrogen functional groups attached to an aromatic ring is 1. The summed E-state index contributed by atoms with van der Waals surface area (Å²) in [7, 11) is 0. The monoisotopic (exact) mass is 224 g/mol. The molecule has 0 fully saturated rings. The highest BCUT2D eigenvalue weighted by Gasteiger charge is 2.05. The average molecular weight is 224 g/mol. The number of nitrogens with two attached hydrogens (primary N) is 1. The van der Waals surface area contributed by atoms with Gasteiger partial charge in [-0.05, 0) is 29.8 Å². The van der Waals surface area contributed by atoms with E-state index in [-0.39, 0.29) is 0 Å². The molecule has 0 radical (unpaired) electrons. The number of nitrogens with one attached hydrogen (secondary N) is 1. The molecule has 2 heterocycles. The highest BCUT2D eigenvalue weighted by atomic mass is 14.9. The number of nitrogens with zero attached hydrogens (tertiary/aromatic N) is 2. The van der Waals surface area contributed by atoms with Crippen molar-refractivity contribution in [2.24, 2.45) is 0 Å². The van der Waals surface area contributed by atoms with Crippen LogP contribution in [0.15, 0.2) is 42.7 Å². The van der Waals surface area contributed by atoms with Gasteiger partial charge in [-0.25, -0.2) is 4.98 Å². The van der Waals surface area contributed by atoms with Crippen LogP contribution in [0.25, 0.3) is 11.0 Å². The molecule has 4 heteroatoms. The van der Waals surface area contributed by atoms with Crippen LogP contribution >= 0.6 is 0 Å². The summed E-state index contributed by atoms with van der Waals surface area (Å²) in [6.45, 7) is 0. The lowest BCUT2D eigenvalue weighted by Crippen LogP contribution is -1.90. The second-order valence-electron chi connectivity index (χ2n) is 3.96. The van der Waals surface area contributed by atoms with E-state index in [2.05, 4.69) is 15.0 Å². The molecule has 0 spiro atoms. The Bertz CT molecular complexity index is 643. The van der Waals surface area contributed by atoms with Crippen LogP contribution in [0, 0.1) is 0 Å². The fraction of sp³-hybridized carbons (Fsp3) is 0.0769. The molecule has 2 aromatic heterocycles. The fourth-order valence-corrected chi connectivity index (χ4v) is 1.88. The molecule has 0 amide bonds. The standard InChI is InChI=1S/C13H12N4/c14-10-2-1-3-11-13(10)17-12(16-11)8-9-4-6-15-7-5-9/h1-7H,8,14H2,(H,16,17). The van der Waals surface area contributed by atoms with Gasteiger partial charge in [0.25, 0.3) is 0 Å². The number of aromatic amines is 1. The number of para-hydroxylation sites is 1. The van der Waals surface area contributed by atoms with Gasteiger partial charge in [0.15, 0.2) is 0 Å². The molecule has 0 aliphatic carbocycles. The third-order valence-electron chi connectivity index (χ3n) is 2.71. The molecular formula is C13H12N4. The van der Waals surface area contributed by atoms with Crippen LogP contribution in [-0.2, 0) is 6.42 Å². The third kappa shape index (κ3) is 1.85. The van der Waals surface area contributed by atoms with Gasteiger partial charge in [-0.3, -0.25) is 4.98 Å². The smallest absolute Gasteiger partial charge is 0.111 e. The van der Waals surface area contributed by atoms with Crippen molar-refractivity contribution in [1.29, 1.82) is 0 Å². The Labute approximate surface area is 98.5 Å². The zero-order valence-electron chi connectivity index (χ0n) is 9.22. The molecule has 17 heavy (non-hydrogen) atoms. The van der Waals surface area contributed by atoms with Crippen LogP contribution in [0.2, 0.25) is 0 Å². The van der Waals surface area contributed by atoms with E-state index >= 15 is 0 Å². The Kier molecular flexibility index (Phi) is 2.26. The molecule has 0 saturated carbocycles. The van der Waals surface area contributed by atoms with E-state index in [9.17, 15) is 0 Å². The number of aromatic nitrogens is 3. The van der Waals surface area contributed by atoms with Gasteiger partial charge in [0, 0.05) is 18.8 Å². The number of hydrogen-bond donors (Lipinski definition) is 2. The quantitative estimate of drug-likeness (QED) is 0.655. The van der Waals surface area contributed by atoms with Crippen LogP contribution in [0.1, 0.15) is 11.4 Å². The minimum atomic E-state index is 0.708. The molecule has 3 aromatic rings. The van der Waals surface area contributed by atoms with Gasteiger partial charge in [-0.2, -0.15) is 0 Å². The molecule has 0 unspecified atom stereocenters. The maximum atomic E-state index is 5.87. The third-order valence-corrected chi connectivity index (χ3v) is 2.71. The predicted molar refractivity (Wildman–Crippen MR) is 67.5 cm³/mol. The first-order chi connectivity index (χ1) is 8.33. The SMILES string of the molecule is Nc1cccc2[nH]c(Cc3ccncc3)nc12. The van der Waals surface area contributed by atoms with Gasteiger partial charge in [0.05, 0.1) is 11.2 Å². The van der Waals surface area contributed by atoms with Crippen molar-refractivity contribution in [3.63, 3.8) is 0 Å². The van der Waals surface area contributed by atoms with E-state index in [1.807, 2.05) is 30.3 Å². The normalized spacial score (nSPS) is 10.8. The minimum absolute atomic E-state index is 0.708. The van der Waals surface area contributed by atoms with E-state index in [4.69, 9.17) is 5.73 Å². The lowest BCUT2D eigenvalue weighted by molar-refractivity contribution is 1.03. The van der Waals surface area contributed by atoms with Crippen molar-refractivity contribution in [3.8, 4) is 0 Å². The van der Waals surface area contributed by atoms with Crippen molar-refractivity contribution in [1.82, 2.24) is 15.0 Å². The number of rotatable bonds is 2. The zero-order valence-corrected chi connectivity index (χ0v) is 9.22. The highest BCUT2D eigenvalue weighted by Crippen LogP contribution is 2.19. The largest absolute Gasteiger partial charge is 0.397 e. The number of hydrogen-bond acceptors (Lipinski definition) is 3. The lowest BCUT2D eigenvalue weighted by atomic mass is 10.2. The van der Waals surface area contributed by atoms with Gasteiger partial charge in [-0.15, -0.1) is 0 Å². The average Bonchev–Trinajstić information content (AvgIpc) is 2.74.